The highest BCUT2D eigenvalue weighted by Crippen LogP contribution is 2.48. The zero-order valence-corrected chi connectivity index (χ0v) is 11.2. The van der Waals surface area contributed by atoms with Crippen LogP contribution in [0.4, 0.5) is 17.6 Å². The van der Waals surface area contributed by atoms with Crippen molar-refractivity contribution in [2.45, 2.75) is 16.0 Å². The normalized spacial score (nSPS) is 13.1. The first-order chi connectivity index (χ1) is 9.90. The van der Waals surface area contributed by atoms with Crippen LogP contribution >= 0.6 is 11.8 Å². The van der Waals surface area contributed by atoms with E-state index in [-0.39, 0.29) is 5.75 Å². The van der Waals surface area contributed by atoms with Crippen LogP contribution in [0.5, 0.6) is 17.2 Å². The van der Waals surface area contributed by atoms with E-state index < -0.39 is 18.6 Å². The van der Waals surface area contributed by atoms with Gasteiger partial charge in [0.2, 0.25) is 0 Å². The number of ether oxygens (including phenoxy) is 2. The van der Waals surface area contributed by atoms with Crippen molar-refractivity contribution in [3.8, 4) is 17.2 Å². The fourth-order valence-corrected chi connectivity index (χ4v) is 2.70. The third-order valence-electron chi connectivity index (χ3n) is 2.66. The first-order valence-electron chi connectivity index (χ1n) is 5.89. The van der Waals surface area contributed by atoms with E-state index in [0.29, 0.717) is 11.5 Å². The molecule has 0 aliphatic carbocycles. The molecule has 1 aliphatic heterocycles. The molecule has 0 bridgehead atoms. The van der Waals surface area contributed by atoms with Gasteiger partial charge in [0.25, 0.3) is 0 Å². The average Bonchev–Trinajstić information content (AvgIpc) is 2.42. The Labute approximate surface area is 121 Å². The van der Waals surface area contributed by atoms with Crippen molar-refractivity contribution in [1.82, 2.24) is 0 Å². The summed E-state index contributed by atoms with van der Waals surface area (Å²) >= 11 is 1.35. The summed E-state index contributed by atoms with van der Waals surface area (Å²) in [6.45, 7) is -1.37. The molecule has 0 unspecified atom stereocenters. The van der Waals surface area contributed by atoms with Gasteiger partial charge in [0.15, 0.2) is 6.61 Å². The molecule has 1 heterocycles. The van der Waals surface area contributed by atoms with Gasteiger partial charge in [-0.2, -0.15) is 13.2 Å². The molecule has 0 saturated carbocycles. The lowest BCUT2D eigenvalue weighted by molar-refractivity contribution is -0.153. The monoisotopic (exact) mass is 316 g/mol. The summed E-state index contributed by atoms with van der Waals surface area (Å²) in [5.41, 5.74) is 0. The van der Waals surface area contributed by atoms with E-state index >= 15 is 0 Å². The zero-order valence-electron chi connectivity index (χ0n) is 10.4. The predicted molar refractivity (Wildman–Crippen MR) is 68.6 cm³/mol. The topological polar surface area (TPSA) is 18.5 Å². The molecule has 0 fully saturated rings. The Morgan fingerprint density at radius 3 is 2.38 bits per heavy atom. The van der Waals surface area contributed by atoms with E-state index in [9.17, 15) is 17.6 Å². The minimum atomic E-state index is -4.40. The SMILES string of the molecule is Fc1ccc2c(c1)Oc1cc(OCC(F)(F)F)ccc1S2. The number of fused-ring (bicyclic) bond motifs is 2. The summed E-state index contributed by atoms with van der Waals surface area (Å²) in [7, 11) is 0. The largest absolute Gasteiger partial charge is 0.484 e. The zero-order chi connectivity index (χ0) is 15.0. The third-order valence-corrected chi connectivity index (χ3v) is 3.78. The van der Waals surface area contributed by atoms with Crippen LogP contribution in [-0.4, -0.2) is 12.8 Å². The maximum atomic E-state index is 13.2. The predicted octanol–water partition coefficient (Wildman–Crippen LogP) is 5.02. The minimum absolute atomic E-state index is 0.0477. The Morgan fingerprint density at radius 1 is 1.00 bits per heavy atom. The van der Waals surface area contributed by atoms with Crippen molar-refractivity contribution in [1.29, 1.82) is 0 Å². The maximum absolute atomic E-state index is 13.2. The molecule has 21 heavy (non-hydrogen) atoms. The lowest BCUT2D eigenvalue weighted by Crippen LogP contribution is -2.19. The molecule has 110 valence electrons. The first-order valence-corrected chi connectivity index (χ1v) is 6.71. The Hall–Kier alpha value is -1.89. The summed E-state index contributed by atoms with van der Waals surface area (Å²) in [5, 5.41) is 0. The van der Waals surface area contributed by atoms with E-state index in [1.54, 1.807) is 12.1 Å². The fraction of sp³-hybridized carbons (Fsp3) is 0.143. The molecule has 0 saturated heterocycles. The molecule has 2 aromatic carbocycles. The Bertz CT molecular complexity index is 685. The highest BCUT2D eigenvalue weighted by Gasteiger charge is 2.28. The highest BCUT2D eigenvalue weighted by molar-refractivity contribution is 7.99. The number of rotatable bonds is 2. The number of halogens is 4. The second-order valence-corrected chi connectivity index (χ2v) is 5.39. The van der Waals surface area contributed by atoms with Crippen LogP contribution in [-0.2, 0) is 0 Å². The van der Waals surface area contributed by atoms with Crippen molar-refractivity contribution in [3.63, 3.8) is 0 Å². The first kappa shape index (κ1) is 14.1. The standard InChI is InChI=1S/C14H8F4O2S/c15-8-1-3-12-10(5-8)20-11-6-9(2-4-13(11)21-12)19-7-14(16,17)18/h1-6H,7H2. The Morgan fingerprint density at radius 2 is 1.67 bits per heavy atom. The van der Waals surface area contributed by atoms with Crippen LogP contribution in [0.15, 0.2) is 46.2 Å². The molecule has 2 nitrogen and oxygen atoms in total. The molecule has 2 aromatic rings. The second kappa shape index (κ2) is 5.14. The van der Waals surface area contributed by atoms with Crippen molar-refractivity contribution in [2.75, 3.05) is 6.61 Å². The average molecular weight is 316 g/mol. The number of hydrogen-bond acceptors (Lipinski definition) is 3. The van der Waals surface area contributed by atoms with E-state index in [1.807, 2.05) is 0 Å². The molecule has 0 radical (unpaired) electrons. The Kier molecular flexibility index (Phi) is 3.44. The lowest BCUT2D eigenvalue weighted by atomic mass is 10.3. The minimum Gasteiger partial charge on any atom is -0.484 e. The van der Waals surface area contributed by atoms with Gasteiger partial charge in [-0.05, 0) is 24.3 Å². The number of hydrogen-bond donors (Lipinski definition) is 0. The molecule has 0 spiro atoms. The van der Waals surface area contributed by atoms with E-state index in [4.69, 9.17) is 4.74 Å². The summed E-state index contributed by atoms with van der Waals surface area (Å²) in [4.78, 5) is 1.47. The van der Waals surface area contributed by atoms with Crippen LogP contribution < -0.4 is 9.47 Å². The third kappa shape index (κ3) is 3.24. The van der Waals surface area contributed by atoms with Crippen LogP contribution in [0, 0.1) is 5.82 Å². The maximum Gasteiger partial charge on any atom is 0.422 e. The lowest BCUT2D eigenvalue weighted by Gasteiger charge is -2.20. The van der Waals surface area contributed by atoms with Crippen LogP contribution in [0.25, 0.3) is 0 Å². The van der Waals surface area contributed by atoms with Crippen molar-refractivity contribution in [3.05, 3.63) is 42.2 Å². The van der Waals surface area contributed by atoms with Crippen LogP contribution in [0.3, 0.4) is 0 Å². The van der Waals surface area contributed by atoms with Gasteiger partial charge in [0.05, 0.1) is 9.79 Å². The van der Waals surface area contributed by atoms with Crippen LogP contribution in [0.2, 0.25) is 0 Å². The van der Waals surface area contributed by atoms with E-state index in [2.05, 4.69) is 4.74 Å². The number of alkyl halides is 3. The quantitative estimate of drug-likeness (QED) is 0.618. The van der Waals surface area contributed by atoms with Gasteiger partial charge in [0, 0.05) is 12.1 Å². The van der Waals surface area contributed by atoms with E-state index in [1.165, 1.54) is 36.0 Å². The molecule has 7 heteroatoms. The summed E-state index contributed by atoms with van der Waals surface area (Å²) in [5.74, 6) is 0.284. The van der Waals surface area contributed by atoms with Gasteiger partial charge in [-0.1, -0.05) is 11.8 Å². The second-order valence-electron chi connectivity index (χ2n) is 4.31. The summed E-state index contributed by atoms with van der Waals surface area (Å²) < 4.78 is 59.7. The van der Waals surface area contributed by atoms with Crippen molar-refractivity contribution < 1.29 is 27.0 Å². The molecule has 0 atom stereocenters. The number of benzene rings is 2. The highest BCUT2D eigenvalue weighted by atomic mass is 32.2. The molecule has 0 aromatic heterocycles. The fourth-order valence-electron chi connectivity index (χ4n) is 1.79. The molecule has 0 N–H and O–H groups in total. The molecule has 1 aliphatic rings. The summed E-state index contributed by atoms with van der Waals surface area (Å²) in [6, 6.07) is 8.55. The molecule has 3 rings (SSSR count). The molecular formula is C14H8F4O2S. The van der Waals surface area contributed by atoms with Gasteiger partial charge in [0.1, 0.15) is 23.1 Å². The van der Waals surface area contributed by atoms with Crippen molar-refractivity contribution in [2.24, 2.45) is 0 Å². The molecule has 0 amide bonds. The van der Waals surface area contributed by atoms with Gasteiger partial charge in [-0.25, -0.2) is 4.39 Å². The van der Waals surface area contributed by atoms with Gasteiger partial charge in [-0.3, -0.25) is 0 Å². The van der Waals surface area contributed by atoms with Crippen molar-refractivity contribution >= 4 is 11.8 Å². The van der Waals surface area contributed by atoms with Gasteiger partial charge < -0.3 is 9.47 Å². The van der Waals surface area contributed by atoms with Crippen LogP contribution in [0.1, 0.15) is 0 Å². The summed E-state index contributed by atoms with van der Waals surface area (Å²) in [6.07, 6.45) is -4.40. The molecular weight excluding hydrogens is 308 g/mol. The Balaban J connectivity index is 1.83. The van der Waals surface area contributed by atoms with Gasteiger partial charge in [-0.15, -0.1) is 0 Å². The smallest absolute Gasteiger partial charge is 0.422 e. The van der Waals surface area contributed by atoms with Gasteiger partial charge >= 0.3 is 6.18 Å². The van der Waals surface area contributed by atoms with E-state index in [0.717, 1.165) is 9.79 Å².